The van der Waals surface area contributed by atoms with Crippen molar-refractivity contribution in [2.75, 3.05) is 0 Å². The lowest BCUT2D eigenvalue weighted by Gasteiger charge is -2.44. The first-order valence-electron chi connectivity index (χ1n) is 7.58. The first kappa shape index (κ1) is 14.1. The normalized spacial score (nSPS) is 31.4. The summed E-state index contributed by atoms with van der Waals surface area (Å²) < 4.78 is 5.33. The summed E-state index contributed by atoms with van der Waals surface area (Å²) in [4.78, 5) is 26.3. The summed E-state index contributed by atoms with van der Waals surface area (Å²) in [5, 5.41) is -0.0536. The van der Waals surface area contributed by atoms with Gasteiger partial charge < -0.3 is 15.4 Å². The fraction of sp³-hybridized carbons (Fsp3) is 0.500. The Morgan fingerprint density at radius 1 is 1.36 bits per heavy atom. The number of benzene rings is 1. The molecule has 2 saturated heterocycles. The van der Waals surface area contributed by atoms with Crippen molar-refractivity contribution in [1.29, 1.82) is 0 Å². The summed E-state index contributed by atoms with van der Waals surface area (Å²) in [6.07, 6.45) is 3.00. The lowest BCUT2D eigenvalue weighted by atomic mass is 9.77. The number of ether oxygens (including phenoxy) is 1. The van der Waals surface area contributed by atoms with Crippen LogP contribution in [0.4, 0.5) is 0 Å². The van der Waals surface area contributed by atoms with E-state index >= 15 is 0 Å². The van der Waals surface area contributed by atoms with Gasteiger partial charge in [-0.1, -0.05) is 36.8 Å². The molecule has 0 radical (unpaired) electrons. The number of nitrogens with zero attached hydrogens (tertiary/aromatic N) is 1. The minimum atomic E-state index is -0.465. The van der Waals surface area contributed by atoms with Crippen molar-refractivity contribution in [3.05, 3.63) is 35.9 Å². The van der Waals surface area contributed by atoms with Crippen LogP contribution in [-0.4, -0.2) is 39.0 Å². The molecule has 1 aliphatic carbocycles. The zero-order valence-corrected chi connectivity index (χ0v) is 12.9. The van der Waals surface area contributed by atoms with Gasteiger partial charge in [0, 0.05) is 4.75 Å². The second kappa shape index (κ2) is 4.99. The van der Waals surface area contributed by atoms with Crippen molar-refractivity contribution < 1.29 is 14.3 Å². The Morgan fingerprint density at radius 3 is 2.73 bits per heavy atom. The summed E-state index contributed by atoms with van der Waals surface area (Å²) >= 11 is 1.70. The molecule has 1 amide bonds. The van der Waals surface area contributed by atoms with Gasteiger partial charge in [-0.2, -0.15) is 0 Å². The molecule has 2 N–H and O–H groups in total. The van der Waals surface area contributed by atoms with E-state index in [4.69, 9.17) is 10.5 Å². The fourth-order valence-electron chi connectivity index (χ4n) is 3.53. The van der Waals surface area contributed by atoms with Gasteiger partial charge in [-0.25, -0.2) is 4.79 Å². The fourth-order valence-corrected chi connectivity index (χ4v) is 5.47. The third-order valence-corrected chi connectivity index (χ3v) is 6.76. The van der Waals surface area contributed by atoms with Crippen LogP contribution in [0.1, 0.15) is 24.8 Å². The first-order valence-corrected chi connectivity index (χ1v) is 8.46. The Balaban J connectivity index is 1.50. The smallest absolute Gasteiger partial charge is 0.330 e. The highest BCUT2D eigenvalue weighted by atomic mass is 32.2. The van der Waals surface area contributed by atoms with E-state index < -0.39 is 12.1 Å². The third-order valence-electron chi connectivity index (χ3n) is 4.90. The Hall–Kier alpha value is -1.53. The van der Waals surface area contributed by atoms with E-state index in [1.165, 1.54) is 0 Å². The summed E-state index contributed by atoms with van der Waals surface area (Å²) in [6, 6.07) is 8.66. The molecule has 6 heteroatoms. The topological polar surface area (TPSA) is 72.6 Å². The summed E-state index contributed by atoms with van der Waals surface area (Å²) in [6.45, 7) is 0.246. The van der Waals surface area contributed by atoms with Crippen LogP contribution < -0.4 is 5.73 Å². The molecule has 5 nitrogen and oxygen atoms in total. The van der Waals surface area contributed by atoms with Gasteiger partial charge in [-0.05, 0) is 18.4 Å². The van der Waals surface area contributed by atoms with Crippen LogP contribution in [0, 0.1) is 0 Å². The van der Waals surface area contributed by atoms with Crippen molar-refractivity contribution >= 4 is 23.6 Å². The summed E-state index contributed by atoms with van der Waals surface area (Å²) in [7, 11) is 0. The van der Waals surface area contributed by atoms with Crippen LogP contribution in [0.15, 0.2) is 30.3 Å². The number of carbonyl (C=O) groups is 2. The van der Waals surface area contributed by atoms with Gasteiger partial charge in [0.2, 0.25) is 5.91 Å². The van der Waals surface area contributed by atoms with E-state index in [0.29, 0.717) is 0 Å². The number of rotatable bonds is 3. The Bertz CT molecular complexity index is 617. The highest BCUT2D eigenvalue weighted by Gasteiger charge is 2.67. The predicted molar refractivity (Wildman–Crippen MR) is 82.8 cm³/mol. The average Bonchev–Trinajstić information content (AvgIpc) is 2.86. The molecular formula is C16H18N2O3S. The van der Waals surface area contributed by atoms with Crippen LogP contribution in [0.3, 0.4) is 0 Å². The molecule has 3 fully saturated rings. The maximum absolute atomic E-state index is 12.6. The molecule has 22 heavy (non-hydrogen) atoms. The largest absolute Gasteiger partial charge is 0.459 e. The zero-order chi connectivity index (χ0) is 15.3. The molecular weight excluding hydrogens is 300 g/mol. The van der Waals surface area contributed by atoms with Gasteiger partial charge in [-0.3, -0.25) is 4.79 Å². The summed E-state index contributed by atoms with van der Waals surface area (Å²) in [5.41, 5.74) is 6.82. The number of hydrogen-bond acceptors (Lipinski definition) is 5. The van der Waals surface area contributed by atoms with E-state index in [0.717, 1.165) is 24.8 Å². The quantitative estimate of drug-likeness (QED) is 0.671. The molecule has 2 heterocycles. The molecule has 4 rings (SSSR count). The van der Waals surface area contributed by atoms with E-state index in [1.807, 2.05) is 30.3 Å². The second-order valence-electron chi connectivity index (χ2n) is 6.19. The van der Waals surface area contributed by atoms with E-state index in [2.05, 4.69) is 0 Å². The number of esters is 1. The van der Waals surface area contributed by atoms with Gasteiger partial charge in [0.05, 0.1) is 0 Å². The first-order chi connectivity index (χ1) is 10.6. The number of fused-ring (bicyclic) bond motifs is 1. The standard InChI is InChI=1S/C16H18N2O3S/c17-11-13(19)18-12(16(7-4-8-16)22-14(11)18)15(20)21-9-10-5-2-1-3-6-10/h1-3,5-6,11-12,14H,4,7-9,17H2/t11?,12?,14-/m1/s1. The maximum Gasteiger partial charge on any atom is 0.330 e. The van der Waals surface area contributed by atoms with Crippen LogP contribution in [-0.2, 0) is 20.9 Å². The Morgan fingerprint density at radius 2 is 2.09 bits per heavy atom. The number of hydrogen-bond donors (Lipinski definition) is 1. The minimum absolute atomic E-state index is 0.0536. The zero-order valence-electron chi connectivity index (χ0n) is 12.1. The highest BCUT2D eigenvalue weighted by Crippen LogP contribution is 2.59. The monoisotopic (exact) mass is 318 g/mol. The van der Waals surface area contributed by atoms with Gasteiger partial charge in [0.25, 0.3) is 0 Å². The minimum Gasteiger partial charge on any atom is -0.459 e. The van der Waals surface area contributed by atoms with Crippen molar-refractivity contribution in [3.8, 4) is 0 Å². The van der Waals surface area contributed by atoms with Crippen LogP contribution in [0.25, 0.3) is 0 Å². The van der Waals surface area contributed by atoms with Crippen molar-refractivity contribution in [2.24, 2.45) is 5.73 Å². The van der Waals surface area contributed by atoms with Crippen LogP contribution in [0.5, 0.6) is 0 Å². The Labute approximate surface area is 133 Å². The van der Waals surface area contributed by atoms with Gasteiger partial charge >= 0.3 is 5.97 Å². The lowest BCUT2D eigenvalue weighted by molar-refractivity contribution is -0.165. The number of carbonyl (C=O) groups excluding carboxylic acids is 2. The SMILES string of the molecule is NC1C(=O)N2C(C(=O)OCc3ccccc3)C3(CCC3)S[C@H]12. The van der Waals surface area contributed by atoms with E-state index in [-0.39, 0.29) is 28.6 Å². The molecule has 0 aromatic heterocycles. The average molecular weight is 318 g/mol. The van der Waals surface area contributed by atoms with E-state index in [9.17, 15) is 9.59 Å². The molecule has 0 bridgehead atoms. The molecule has 116 valence electrons. The highest BCUT2D eigenvalue weighted by molar-refractivity contribution is 8.01. The molecule has 2 aliphatic heterocycles. The Kier molecular flexibility index (Phi) is 3.20. The van der Waals surface area contributed by atoms with Crippen molar-refractivity contribution in [3.63, 3.8) is 0 Å². The third kappa shape index (κ3) is 1.90. The lowest BCUT2D eigenvalue weighted by Crippen LogP contribution is -2.69. The molecule has 3 aliphatic rings. The maximum atomic E-state index is 12.6. The van der Waals surface area contributed by atoms with Crippen molar-refractivity contribution in [2.45, 2.75) is 48.1 Å². The molecule has 1 aromatic carbocycles. The summed E-state index contributed by atoms with van der Waals surface area (Å²) in [5.74, 6) is -0.415. The number of thioether (sulfide) groups is 1. The van der Waals surface area contributed by atoms with Gasteiger partial charge in [-0.15, -0.1) is 11.8 Å². The van der Waals surface area contributed by atoms with E-state index in [1.54, 1.807) is 16.7 Å². The molecule has 1 saturated carbocycles. The molecule has 1 aromatic rings. The number of nitrogens with two attached hydrogens (primary N) is 1. The number of β-lactam (4-membered cyclic amide) rings is 1. The molecule has 2 unspecified atom stereocenters. The predicted octanol–water partition coefficient (Wildman–Crippen LogP) is 1.26. The van der Waals surface area contributed by atoms with Gasteiger partial charge in [0.15, 0.2) is 0 Å². The van der Waals surface area contributed by atoms with Crippen LogP contribution in [0.2, 0.25) is 0 Å². The molecule has 1 spiro atoms. The molecule has 3 atom stereocenters. The van der Waals surface area contributed by atoms with Gasteiger partial charge in [0.1, 0.15) is 24.1 Å². The number of amides is 1. The second-order valence-corrected chi connectivity index (χ2v) is 7.73. The van der Waals surface area contributed by atoms with Crippen molar-refractivity contribution in [1.82, 2.24) is 4.90 Å². The van der Waals surface area contributed by atoms with Crippen LogP contribution >= 0.6 is 11.8 Å².